The third kappa shape index (κ3) is 2.86. The zero-order valence-electron chi connectivity index (χ0n) is 5.55. The van der Waals surface area contributed by atoms with Crippen molar-refractivity contribution in [2.45, 2.75) is 12.2 Å². The number of alkyl halides is 4. The molecule has 13 heavy (non-hydrogen) atoms. The predicted molar refractivity (Wildman–Crippen MR) is 21.0 cm³/mol. The first-order chi connectivity index (χ1) is 5.59. The second-order valence-corrected chi connectivity index (χ2v) is 1.71. The Kier molecular flexibility index (Phi) is 2.83. The quantitative estimate of drug-likeness (QED) is 0.480. The molecule has 0 saturated heterocycles. The van der Waals surface area contributed by atoms with Gasteiger partial charge >= 0.3 is 12.2 Å². The number of carboxylic acids is 2. The number of ether oxygens (including phenoxy) is 1. The highest BCUT2D eigenvalue weighted by Gasteiger charge is 2.46. The second-order valence-electron chi connectivity index (χ2n) is 1.71. The molecule has 0 aromatic rings. The lowest BCUT2D eigenvalue weighted by atomic mass is 10.6. The van der Waals surface area contributed by atoms with E-state index in [1.165, 1.54) is 0 Å². The fraction of sp³-hybridized carbons (Fsp3) is 0.500. The number of aliphatic carboxylic acids is 2. The van der Waals surface area contributed by atoms with Crippen molar-refractivity contribution in [1.29, 1.82) is 0 Å². The highest BCUT2D eigenvalue weighted by atomic mass is 19.3. The van der Waals surface area contributed by atoms with Crippen molar-refractivity contribution in [3.63, 3.8) is 0 Å². The molecule has 0 aromatic carbocycles. The molecule has 0 rings (SSSR count). The van der Waals surface area contributed by atoms with Gasteiger partial charge in [-0.2, -0.15) is 17.6 Å². The van der Waals surface area contributed by atoms with Crippen LogP contribution in [0.5, 0.6) is 0 Å². The normalized spacial score (nSPS) is 12.6. The fourth-order valence-electron chi connectivity index (χ4n) is 0.244. The topological polar surface area (TPSA) is 89.5 Å². The molecule has 0 N–H and O–H groups in total. The molecule has 0 amide bonds. The Morgan fingerprint density at radius 2 is 1.15 bits per heavy atom. The van der Waals surface area contributed by atoms with Crippen LogP contribution in [0.1, 0.15) is 0 Å². The van der Waals surface area contributed by atoms with Gasteiger partial charge in [0.25, 0.3) is 0 Å². The van der Waals surface area contributed by atoms with Crippen LogP contribution in [0.15, 0.2) is 0 Å². The van der Waals surface area contributed by atoms with Crippen LogP contribution < -0.4 is 10.2 Å². The van der Waals surface area contributed by atoms with Gasteiger partial charge in [0.05, 0.1) is 0 Å². The molecule has 0 unspecified atom stereocenters. The number of hydrogen-bond donors (Lipinski definition) is 0. The molecular weight excluding hydrogens is 204 g/mol. The summed E-state index contributed by atoms with van der Waals surface area (Å²) in [7, 11) is 0. The van der Waals surface area contributed by atoms with Crippen LogP contribution in [0.25, 0.3) is 0 Å². The number of carbonyl (C=O) groups excluding carboxylic acids is 2. The van der Waals surface area contributed by atoms with E-state index in [9.17, 15) is 37.4 Å². The van der Waals surface area contributed by atoms with Crippen molar-refractivity contribution in [1.82, 2.24) is 0 Å². The Hall–Kier alpha value is -1.38. The molecule has 0 fully saturated rings. The Morgan fingerprint density at radius 3 is 1.31 bits per heavy atom. The van der Waals surface area contributed by atoms with Gasteiger partial charge in [-0.05, 0) is 0 Å². The van der Waals surface area contributed by atoms with Crippen molar-refractivity contribution in [2.75, 3.05) is 0 Å². The van der Waals surface area contributed by atoms with Crippen LogP contribution in [0.3, 0.4) is 0 Å². The van der Waals surface area contributed by atoms with Crippen LogP contribution in [-0.4, -0.2) is 24.2 Å². The minimum absolute atomic E-state index is 2.16. The monoisotopic (exact) mass is 204 g/mol. The third-order valence-corrected chi connectivity index (χ3v) is 0.732. The second kappa shape index (κ2) is 3.17. The van der Waals surface area contributed by atoms with E-state index in [0.29, 0.717) is 0 Å². The molecule has 0 radical (unpaired) electrons. The lowest BCUT2D eigenvalue weighted by molar-refractivity contribution is -0.424. The fourth-order valence-corrected chi connectivity index (χ4v) is 0.244. The van der Waals surface area contributed by atoms with Crippen molar-refractivity contribution < 1.29 is 42.1 Å². The van der Waals surface area contributed by atoms with Gasteiger partial charge < -0.3 is 19.8 Å². The number of halogens is 4. The van der Waals surface area contributed by atoms with Crippen LogP contribution >= 0.6 is 0 Å². The molecule has 0 bridgehead atoms. The Labute approximate surface area is 67.5 Å². The lowest BCUT2D eigenvalue weighted by Crippen LogP contribution is -2.53. The highest BCUT2D eigenvalue weighted by Crippen LogP contribution is 2.25. The van der Waals surface area contributed by atoms with E-state index in [2.05, 4.69) is 4.74 Å². The summed E-state index contributed by atoms with van der Waals surface area (Å²) in [5.74, 6) is -6.57. The van der Waals surface area contributed by atoms with Crippen molar-refractivity contribution in [2.24, 2.45) is 0 Å². The number of hydrogen-bond acceptors (Lipinski definition) is 5. The molecular formula is C4F4O5-2. The average Bonchev–Trinajstić information content (AvgIpc) is 1.83. The molecule has 0 atom stereocenters. The summed E-state index contributed by atoms with van der Waals surface area (Å²) in [6.07, 6.45) is -10.8. The first kappa shape index (κ1) is 11.6. The number of carboxylic acid groups (broad SMARTS) is 2. The zero-order valence-corrected chi connectivity index (χ0v) is 5.55. The largest absolute Gasteiger partial charge is 0.542 e. The molecule has 9 heteroatoms. The van der Waals surface area contributed by atoms with E-state index >= 15 is 0 Å². The minimum atomic E-state index is -5.40. The van der Waals surface area contributed by atoms with Crippen LogP contribution in [-0.2, 0) is 14.3 Å². The lowest BCUT2D eigenvalue weighted by Gasteiger charge is -2.24. The molecule has 0 aliphatic rings. The third-order valence-electron chi connectivity index (χ3n) is 0.732. The Bertz CT molecular complexity index is 213. The molecule has 76 valence electrons. The molecule has 0 aromatic heterocycles. The predicted octanol–water partition coefficient (Wildman–Crippen LogP) is -2.31. The van der Waals surface area contributed by atoms with Crippen molar-refractivity contribution >= 4 is 11.9 Å². The standard InChI is InChI=1S/C4H2F4O5/c5-3(6,1(9)10)13-4(7,8)2(11)12/h(H,9,10)(H,11,12)/p-2. The van der Waals surface area contributed by atoms with E-state index in [-0.39, 0.29) is 0 Å². The van der Waals surface area contributed by atoms with Gasteiger partial charge in [0.2, 0.25) is 0 Å². The summed E-state index contributed by atoms with van der Waals surface area (Å²) < 4.78 is 49.1. The SMILES string of the molecule is O=C([O-])C(F)(F)OC(F)(F)C(=O)[O-]. The van der Waals surface area contributed by atoms with Gasteiger partial charge in [-0.3, -0.25) is 0 Å². The van der Waals surface area contributed by atoms with E-state index in [4.69, 9.17) is 0 Å². The highest BCUT2D eigenvalue weighted by molar-refractivity contribution is 5.74. The summed E-state index contributed by atoms with van der Waals surface area (Å²) in [5.41, 5.74) is 0. The van der Waals surface area contributed by atoms with Crippen LogP contribution in [0, 0.1) is 0 Å². The van der Waals surface area contributed by atoms with Crippen LogP contribution in [0.2, 0.25) is 0 Å². The van der Waals surface area contributed by atoms with Gasteiger partial charge in [-0.25, -0.2) is 4.74 Å². The summed E-state index contributed by atoms with van der Waals surface area (Å²) in [4.78, 5) is 18.8. The first-order valence-electron chi connectivity index (χ1n) is 2.48. The summed E-state index contributed by atoms with van der Waals surface area (Å²) >= 11 is 0. The Morgan fingerprint density at radius 1 is 0.923 bits per heavy atom. The molecule has 0 aliphatic heterocycles. The summed E-state index contributed by atoms with van der Waals surface area (Å²) in [6, 6.07) is 0. The van der Waals surface area contributed by atoms with Gasteiger partial charge in [-0.1, -0.05) is 0 Å². The molecule has 0 aliphatic carbocycles. The van der Waals surface area contributed by atoms with E-state index in [1.54, 1.807) is 0 Å². The average molecular weight is 204 g/mol. The summed E-state index contributed by atoms with van der Waals surface area (Å²) in [5, 5.41) is 18.8. The van der Waals surface area contributed by atoms with Crippen LogP contribution in [0.4, 0.5) is 17.6 Å². The molecule has 0 saturated carbocycles. The zero-order chi connectivity index (χ0) is 10.9. The van der Waals surface area contributed by atoms with E-state index < -0.39 is 24.2 Å². The van der Waals surface area contributed by atoms with Gasteiger partial charge in [0.1, 0.15) is 11.9 Å². The molecule has 5 nitrogen and oxygen atoms in total. The maximum atomic E-state index is 11.7. The number of rotatable bonds is 4. The molecule has 0 heterocycles. The van der Waals surface area contributed by atoms with Gasteiger partial charge in [0, 0.05) is 0 Å². The van der Waals surface area contributed by atoms with Crippen molar-refractivity contribution in [3.05, 3.63) is 0 Å². The van der Waals surface area contributed by atoms with E-state index in [0.717, 1.165) is 0 Å². The number of carbonyl (C=O) groups is 2. The molecule has 0 spiro atoms. The Balaban J connectivity index is 4.61. The smallest absolute Gasteiger partial charge is 0.402 e. The van der Waals surface area contributed by atoms with Crippen molar-refractivity contribution in [3.8, 4) is 0 Å². The van der Waals surface area contributed by atoms with Gasteiger partial charge in [0.15, 0.2) is 0 Å². The first-order valence-corrected chi connectivity index (χ1v) is 2.48. The maximum Gasteiger partial charge on any atom is 0.402 e. The summed E-state index contributed by atoms with van der Waals surface area (Å²) in [6.45, 7) is 0. The van der Waals surface area contributed by atoms with Gasteiger partial charge in [-0.15, -0.1) is 0 Å². The minimum Gasteiger partial charge on any atom is -0.542 e. The van der Waals surface area contributed by atoms with E-state index in [1.807, 2.05) is 0 Å². The maximum absolute atomic E-state index is 11.7.